The van der Waals surface area contributed by atoms with Crippen LogP contribution < -0.4 is 15.5 Å². The molecule has 0 unspecified atom stereocenters. The fraction of sp³-hybridized carbons (Fsp3) is 0.227. The molecule has 0 aromatic heterocycles. The van der Waals surface area contributed by atoms with Crippen molar-refractivity contribution in [3.8, 4) is 0 Å². The van der Waals surface area contributed by atoms with Gasteiger partial charge in [-0.2, -0.15) is 0 Å². The largest absolute Gasteiger partial charge is 0.350 e. The second-order valence-electron chi connectivity index (χ2n) is 7.27. The molecule has 1 aliphatic heterocycles. The van der Waals surface area contributed by atoms with Crippen LogP contribution in [0.1, 0.15) is 36.0 Å². The van der Waals surface area contributed by atoms with Crippen molar-refractivity contribution in [3.05, 3.63) is 69.3 Å². The number of amides is 3. The molecule has 4 rings (SSSR count). The molecule has 2 aromatic carbocycles. The number of imide groups is 1. The number of hydrogen-bond donors (Lipinski definition) is 2. The van der Waals surface area contributed by atoms with E-state index in [9.17, 15) is 14.4 Å². The molecule has 1 fully saturated rings. The number of hydrogen-bond acceptors (Lipinski definition) is 4. The van der Waals surface area contributed by atoms with Gasteiger partial charge in [0.05, 0.1) is 5.69 Å². The van der Waals surface area contributed by atoms with Crippen LogP contribution in [0, 0.1) is 0 Å². The molecule has 6 nitrogen and oxygen atoms in total. The first-order valence-electron chi connectivity index (χ1n) is 9.66. The molecule has 0 bridgehead atoms. The summed E-state index contributed by atoms with van der Waals surface area (Å²) >= 11 is 9.51. The van der Waals surface area contributed by atoms with Crippen molar-refractivity contribution in [1.82, 2.24) is 5.32 Å². The van der Waals surface area contributed by atoms with Crippen molar-refractivity contribution in [2.24, 2.45) is 0 Å². The first kappa shape index (κ1) is 20.6. The van der Waals surface area contributed by atoms with E-state index in [1.165, 1.54) is 0 Å². The minimum atomic E-state index is -0.596. The highest BCUT2D eigenvalue weighted by molar-refractivity contribution is 9.10. The number of halogens is 2. The van der Waals surface area contributed by atoms with Gasteiger partial charge < -0.3 is 10.6 Å². The first-order chi connectivity index (χ1) is 14.4. The van der Waals surface area contributed by atoms with E-state index < -0.39 is 11.8 Å². The van der Waals surface area contributed by atoms with Gasteiger partial charge in [0.15, 0.2) is 0 Å². The Kier molecular flexibility index (Phi) is 5.92. The number of carbonyl (C=O) groups excluding carboxylic acids is 3. The molecule has 1 aliphatic carbocycles. The standard InChI is InChI=1S/C22H19BrClN3O3/c23-14-8-10-17(11-9-14)27-21(29)18(24)19(22(27)30)25-16-7-3-4-13(12-16)20(28)26-15-5-1-2-6-15/h3-4,7-12,15,25H,1-2,5-6H2,(H,26,28). The van der Waals surface area contributed by atoms with Crippen molar-refractivity contribution < 1.29 is 14.4 Å². The lowest BCUT2D eigenvalue weighted by Gasteiger charge is -2.15. The Hall–Kier alpha value is -2.64. The third-order valence-electron chi connectivity index (χ3n) is 5.20. The predicted octanol–water partition coefficient (Wildman–Crippen LogP) is 4.56. The van der Waals surface area contributed by atoms with E-state index in [1.54, 1.807) is 48.5 Å². The number of anilines is 2. The van der Waals surface area contributed by atoms with Gasteiger partial charge in [-0.15, -0.1) is 0 Å². The highest BCUT2D eigenvalue weighted by Crippen LogP contribution is 2.31. The van der Waals surface area contributed by atoms with E-state index >= 15 is 0 Å². The van der Waals surface area contributed by atoms with E-state index in [1.807, 2.05) is 0 Å². The van der Waals surface area contributed by atoms with E-state index in [0.717, 1.165) is 35.1 Å². The quantitative estimate of drug-likeness (QED) is 0.605. The second-order valence-corrected chi connectivity index (χ2v) is 8.57. The maximum atomic E-state index is 12.9. The molecule has 1 saturated carbocycles. The second kappa shape index (κ2) is 8.62. The van der Waals surface area contributed by atoms with Crippen LogP contribution in [0.25, 0.3) is 0 Å². The van der Waals surface area contributed by atoms with E-state index in [0.29, 0.717) is 16.9 Å². The van der Waals surface area contributed by atoms with Crippen molar-refractivity contribution in [2.45, 2.75) is 31.7 Å². The molecular weight excluding hydrogens is 470 g/mol. The molecule has 154 valence electrons. The lowest BCUT2D eigenvalue weighted by Crippen LogP contribution is -2.32. The zero-order valence-corrected chi connectivity index (χ0v) is 18.3. The molecule has 2 aliphatic rings. The van der Waals surface area contributed by atoms with Crippen LogP contribution in [0.5, 0.6) is 0 Å². The summed E-state index contributed by atoms with van der Waals surface area (Å²) in [6.07, 6.45) is 4.25. The van der Waals surface area contributed by atoms with Crippen LogP contribution in [-0.2, 0) is 9.59 Å². The molecule has 3 amide bonds. The predicted molar refractivity (Wildman–Crippen MR) is 119 cm³/mol. The Labute approximate surface area is 187 Å². The normalized spacial score (nSPS) is 17.1. The maximum absolute atomic E-state index is 12.9. The molecule has 1 heterocycles. The molecular formula is C22H19BrClN3O3. The number of rotatable bonds is 5. The van der Waals surface area contributed by atoms with Gasteiger partial charge in [0.1, 0.15) is 10.7 Å². The highest BCUT2D eigenvalue weighted by Gasteiger charge is 2.39. The summed E-state index contributed by atoms with van der Waals surface area (Å²) in [6, 6.07) is 13.8. The van der Waals surface area contributed by atoms with Crippen LogP contribution in [0.3, 0.4) is 0 Å². The summed E-state index contributed by atoms with van der Waals surface area (Å²) in [5.41, 5.74) is 1.39. The number of nitrogens with zero attached hydrogens (tertiary/aromatic N) is 1. The summed E-state index contributed by atoms with van der Waals surface area (Å²) in [6.45, 7) is 0. The van der Waals surface area contributed by atoms with Crippen LogP contribution in [-0.4, -0.2) is 23.8 Å². The summed E-state index contributed by atoms with van der Waals surface area (Å²) in [5.74, 6) is -1.30. The number of carbonyl (C=O) groups is 3. The van der Waals surface area contributed by atoms with Crippen LogP contribution >= 0.6 is 27.5 Å². The van der Waals surface area contributed by atoms with Gasteiger partial charge >= 0.3 is 0 Å². The zero-order valence-electron chi connectivity index (χ0n) is 16.0. The lowest BCUT2D eigenvalue weighted by atomic mass is 10.1. The zero-order chi connectivity index (χ0) is 21.3. The third kappa shape index (κ3) is 4.13. The Balaban J connectivity index is 1.52. The number of benzene rings is 2. The highest BCUT2D eigenvalue weighted by atomic mass is 79.9. The average molecular weight is 489 g/mol. The molecule has 2 N–H and O–H groups in total. The summed E-state index contributed by atoms with van der Waals surface area (Å²) in [4.78, 5) is 39.0. The Bertz CT molecular complexity index is 1050. The van der Waals surface area contributed by atoms with Gasteiger partial charge in [0, 0.05) is 21.8 Å². The van der Waals surface area contributed by atoms with Gasteiger partial charge in [-0.25, -0.2) is 4.90 Å². The van der Waals surface area contributed by atoms with Crippen LogP contribution in [0.2, 0.25) is 0 Å². The van der Waals surface area contributed by atoms with E-state index in [4.69, 9.17) is 11.6 Å². The van der Waals surface area contributed by atoms with E-state index in [2.05, 4.69) is 26.6 Å². The summed E-state index contributed by atoms with van der Waals surface area (Å²) in [5, 5.41) is 5.76. The Morgan fingerprint density at radius 3 is 2.43 bits per heavy atom. The summed E-state index contributed by atoms with van der Waals surface area (Å²) < 4.78 is 0.829. The number of nitrogens with one attached hydrogen (secondary N) is 2. The fourth-order valence-electron chi connectivity index (χ4n) is 3.66. The van der Waals surface area contributed by atoms with Gasteiger partial charge in [0.25, 0.3) is 17.7 Å². The Morgan fingerprint density at radius 1 is 1.03 bits per heavy atom. The van der Waals surface area contributed by atoms with Crippen molar-refractivity contribution in [1.29, 1.82) is 0 Å². The van der Waals surface area contributed by atoms with Gasteiger partial charge in [-0.3, -0.25) is 14.4 Å². The molecule has 8 heteroatoms. The Morgan fingerprint density at radius 2 is 1.73 bits per heavy atom. The molecule has 30 heavy (non-hydrogen) atoms. The molecule has 0 spiro atoms. The van der Waals surface area contributed by atoms with Gasteiger partial charge in [-0.1, -0.05) is 46.4 Å². The molecule has 0 radical (unpaired) electrons. The SMILES string of the molecule is O=C(NC1CCCC1)c1cccc(NC2=C(Cl)C(=O)N(c3ccc(Br)cc3)C2=O)c1. The van der Waals surface area contributed by atoms with Crippen molar-refractivity contribution >= 4 is 56.6 Å². The topological polar surface area (TPSA) is 78.5 Å². The maximum Gasteiger partial charge on any atom is 0.283 e. The lowest BCUT2D eigenvalue weighted by molar-refractivity contribution is -0.120. The van der Waals surface area contributed by atoms with Crippen LogP contribution in [0.4, 0.5) is 11.4 Å². The van der Waals surface area contributed by atoms with Gasteiger partial charge in [0.2, 0.25) is 0 Å². The molecule has 2 aromatic rings. The van der Waals surface area contributed by atoms with Crippen molar-refractivity contribution in [2.75, 3.05) is 10.2 Å². The van der Waals surface area contributed by atoms with Gasteiger partial charge in [-0.05, 0) is 55.3 Å². The monoisotopic (exact) mass is 487 g/mol. The minimum absolute atomic E-state index is 0.0158. The minimum Gasteiger partial charge on any atom is -0.350 e. The average Bonchev–Trinajstić information content (AvgIpc) is 3.32. The third-order valence-corrected chi connectivity index (χ3v) is 6.08. The smallest absolute Gasteiger partial charge is 0.283 e. The van der Waals surface area contributed by atoms with Crippen LogP contribution in [0.15, 0.2) is 63.7 Å². The first-order valence-corrected chi connectivity index (χ1v) is 10.8. The molecule has 0 atom stereocenters. The fourth-order valence-corrected chi connectivity index (χ4v) is 4.13. The molecule has 0 saturated heterocycles. The summed E-state index contributed by atoms with van der Waals surface area (Å²) in [7, 11) is 0. The van der Waals surface area contributed by atoms with Crippen molar-refractivity contribution in [3.63, 3.8) is 0 Å². The van der Waals surface area contributed by atoms with E-state index in [-0.39, 0.29) is 22.7 Å².